The number of aliphatic hydroxyl groups is 2. The van der Waals surface area contributed by atoms with Crippen molar-refractivity contribution in [2.24, 2.45) is 34.5 Å². The molecule has 4 aliphatic rings. The lowest BCUT2D eigenvalue weighted by Crippen LogP contribution is -2.58. The van der Waals surface area contributed by atoms with Crippen LogP contribution in [0.25, 0.3) is 0 Å². The Labute approximate surface area is 153 Å². The first kappa shape index (κ1) is 18.1. The van der Waals surface area contributed by atoms with Gasteiger partial charge in [0.2, 0.25) is 0 Å². The van der Waals surface area contributed by atoms with Crippen LogP contribution in [0.3, 0.4) is 0 Å². The van der Waals surface area contributed by atoms with Crippen molar-refractivity contribution in [1.29, 1.82) is 0 Å². The van der Waals surface area contributed by atoms with Crippen LogP contribution in [-0.4, -0.2) is 40.3 Å². The summed E-state index contributed by atoms with van der Waals surface area (Å²) in [5, 5.41) is 20.1. The van der Waals surface area contributed by atoms with Gasteiger partial charge in [-0.05, 0) is 54.6 Å². The molecule has 5 nitrogen and oxygen atoms in total. The van der Waals surface area contributed by atoms with Crippen LogP contribution in [-0.2, 0) is 14.4 Å². The van der Waals surface area contributed by atoms with Gasteiger partial charge in [0.15, 0.2) is 11.6 Å². The van der Waals surface area contributed by atoms with Crippen LogP contribution in [0.15, 0.2) is 11.6 Å². The number of Topliss-reactive ketones (excluding diaryl/α,β-unsaturated/α-hetero) is 2. The number of hydrogen-bond donors (Lipinski definition) is 2. The van der Waals surface area contributed by atoms with Gasteiger partial charge in [-0.2, -0.15) is 0 Å². The van der Waals surface area contributed by atoms with Gasteiger partial charge in [0, 0.05) is 30.1 Å². The van der Waals surface area contributed by atoms with Crippen LogP contribution in [0.5, 0.6) is 0 Å². The molecule has 0 aromatic rings. The van der Waals surface area contributed by atoms with E-state index < -0.39 is 23.5 Å². The van der Waals surface area contributed by atoms with Gasteiger partial charge >= 0.3 is 0 Å². The third-order valence-electron chi connectivity index (χ3n) is 8.21. The molecule has 0 aromatic carbocycles. The largest absolute Gasteiger partial charge is 0.389 e. The summed E-state index contributed by atoms with van der Waals surface area (Å²) in [6.07, 6.45) is 4.37. The zero-order valence-corrected chi connectivity index (χ0v) is 15.5. The third-order valence-corrected chi connectivity index (χ3v) is 8.21. The number of aliphatic hydroxyl groups excluding tert-OH is 2. The smallest absolute Gasteiger partial charge is 0.161 e. The first-order chi connectivity index (χ1) is 12.2. The van der Waals surface area contributed by atoms with Crippen molar-refractivity contribution in [3.63, 3.8) is 0 Å². The number of hydrogen-bond acceptors (Lipinski definition) is 5. The quantitative estimate of drug-likeness (QED) is 0.784. The molecule has 7 unspecified atom stereocenters. The number of fused-ring (bicyclic) bond motifs is 5. The van der Waals surface area contributed by atoms with Gasteiger partial charge in [0.05, 0.1) is 6.10 Å². The molecular formula is C21H28O5. The van der Waals surface area contributed by atoms with E-state index in [-0.39, 0.29) is 41.0 Å². The van der Waals surface area contributed by atoms with Crippen molar-refractivity contribution in [2.75, 3.05) is 6.61 Å². The molecule has 3 saturated carbocycles. The summed E-state index contributed by atoms with van der Waals surface area (Å²) in [4.78, 5) is 37.5. The predicted octanol–water partition coefficient (Wildman–Crippen LogP) is 1.85. The molecule has 4 aliphatic carbocycles. The summed E-state index contributed by atoms with van der Waals surface area (Å²) in [5.74, 6) is -0.144. The summed E-state index contributed by atoms with van der Waals surface area (Å²) >= 11 is 0. The Hall–Kier alpha value is -1.33. The van der Waals surface area contributed by atoms with Gasteiger partial charge in [0.1, 0.15) is 12.4 Å². The van der Waals surface area contributed by atoms with E-state index >= 15 is 0 Å². The van der Waals surface area contributed by atoms with E-state index in [2.05, 4.69) is 0 Å². The number of rotatable bonds is 2. The molecule has 0 bridgehead atoms. The molecule has 0 heterocycles. The summed E-state index contributed by atoms with van der Waals surface area (Å²) in [6, 6.07) is 0. The molecular weight excluding hydrogens is 332 g/mol. The molecule has 0 aliphatic heterocycles. The van der Waals surface area contributed by atoms with E-state index in [9.17, 15) is 24.6 Å². The van der Waals surface area contributed by atoms with Gasteiger partial charge in [-0.1, -0.05) is 13.8 Å². The lowest BCUT2D eigenvalue weighted by Gasteiger charge is -2.57. The highest BCUT2D eigenvalue weighted by Gasteiger charge is 2.64. The van der Waals surface area contributed by atoms with Crippen molar-refractivity contribution in [1.82, 2.24) is 0 Å². The van der Waals surface area contributed by atoms with E-state index in [1.807, 2.05) is 13.8 Å². The van der Waals surface area contributed by atoms with Crippen LogP contribution in [0.2, 0.25) is 0 Å². The average Bonchev–Trinajstić information content (AvgIpc) is 2.92. The van der Waals surface area contributed by atoms with Gasteiger partial charge < -0.3 is 10.2 Å². The van der Waals surface area contributed by atoms with Gasteiger partial charge in [0.25, 0.3) is 0 Å². The fraction of sp³-hybridized carbons (Fsp3) is 0.762. The first-order valence-corrected chi connectivity index (χ1v) is 9.81. The molecule has 7 atom stereocenters. The second-order valence-electron chi connectivity index (χ2n) is 9.39. The topological polar surface area (TPSA) is 91.7 Å². The molecule has 0 spiro atoms. The summed E-state index contributed by atoms with van der Waals surface area (Å²) < 4.78 is 0. The molecule has 4 rings (SSSR count). The second kappa shape index (κ2) is 5.83. The summed E-state index contributed by atoms with van der Waals surface area (Å²) in [7, 11) is 0. The van der Waals surface area contributed by atoms with Crippen LogP contribution in [0.4, 0.5) is 0 Å². The number of carbonyl (C=O) groups is 3. The molecule has 0 aromatic heterocycles. The fourth-order valence-electron chi connectivity index (χ4n) is 7.08. The molecule has 5 heteroatoms. The zero-order chi connectivity index (χ0) is 18.9. The van der Waals surface area contributed by atoms with Crippen molar-refractivity contribution in [2.45, 2.75) is 58.5 Å². The molecule has 3 fully saturated rings. The van der Waals surface area contributed by atoms with Gasteiger partial charge in [-0.3, -0.25) is 14.4 Å². The Morgan fingerprint density at radius 3 is 2.69 bits per heavy atom. The van der Waals surface area contributed by atoms with Crippen molar-refractivity contribution in [3.8, 4) is 0 Å². The van der Waals surface area contributed by atoms with E-state index in [0.29, 0.717) is 32.1 Å². The minimum absolute atomic E-state index is 0.0394. The van der Waals surface area contributed by atoms with Crippen LogP contribution < -0.4 is 0 Å². The molecule has 0 amide bonds. The first-order valence-electron chi connectivity index (χ1n) is 9.81. The summed E-state index contributed by atoms with van der Waals surface area (Å²) in [5.41, 5.74) is -0.124. The SMILES string of the molecule is CC12CCC(=O)C=C1C(O)CC1C2C(=O)CC2(C)C(C(=O)CO)CCC12. The predicted molar refractivity (Wildman–Crippen MR) is 94.1 cm³/mol. The lowest BCUT2D eigenvalue weighted by molar-refractivity contribution is -0.152. The number of carbonyl (C=O) groups excluding carboxylic acids is 3. The van der Waals surface area contributed by atoms with Crippen molar-refractivity contribution < 1.29 is 24.6 Å². The van der Waals surface area contributed by atoms with Gasteiger partial charge in [-0.25, -0.2) is 0 Å². The monoisotopic (exact) mass is 360 g/mol. The van der Waals surface area contributed by atoms with Gasteiger partial charge in [-0.15, -0.1) is 0 Å². The molecule has 26 heavy (non-hydrogen) atoms. The standard InChI is InChI=1S/C21H28O5/c1-20-6-5-11(23)7-15(20)16(24)8-12-13-3-4-14(18(26)10-22)21(13,2)9-17(25)19(12)20/h7,12-14,16,19,22,24H,3-6,8-10H2,1-2H3. The van der Waals surface area contributed by atoms with Crippen LogP contribution in [0, 0.1) is 34.5 Å². The Bertz CT molecular complexity index is 709. The average molecular weight is 360 g/mol. The Balaban J connectivity index is 1.75. The summed E-state index contributed by atoms with van der Waals surface area (Å²) in [6.45, 7) is 3.60. The third kappa shape index (κ3) is 2.26. The molecule has 0 saturated heterocycles. The number of ketones is 3. The maximum atomic E-state index is 13.3. The highest BCUT2D eigenvalue weighted by atomic mass is 16.3. The van der Waals surface area contributed by atoms with E-state index in [0.717, 1.165) is 12.0 Å². The maximum absolute atomic E-state index is 13.3. The van der Waals surface area contributed by atoms with E-state index in [1.54, 1.807) is 6.08 Å². The van der Waals surface area contributed by atoms with Crippen molar-refractivity contribution in [3.05, 3.63) is 11.6 Å². The molecule has 0 radical (unpaired) electrons. The maximum Gasteiger partial charge on any atom is 0.161 e. The Morgan fingerprint density at radius 2 is 2.00 bits per heavy atom. The zero-order valence-electron chi connectivity index (χ0n) is 15.5. The highest BCUT2D eigenvalue weighted by Crippen LogP contribution is 2.65. The normalized spacial score (nSPS) is 47.7. The van der Waals surface area contributed by atoms with Crippen molar-refractivity contribution >= 4 is 17.3 Å². The minimum atomic E-state index is -0.687. The van der Waals surface area contributed by atoms with Crippen LogP contribution >= 0.6 is 0 Å². The van der Waals surface area contributed by atoms with E-state index in [1.165, 1.54) is 0 Å². The second-order valence-corrected chi connectivity index (χ2v) is 9.39. The fourth-order valence-corrected chi connectivity index (χ4v) is 7.08. The Morgan fingerprint density at radius 1 is 1.27 bits per heavy atom. The minimum Gasteiger partial charge on any atom is -0.389 e. The molecule has 142 valence electrons. The van der Waals surface area contributed by atoms with Crippen LogP contribution in [0.1, 0.15) is 52.4 Å². The van der Waals surface area contributed by atoms with E-state index in [4.69, 9.17) is 0 Å². The Kier molecular flexibility index (Phi) is 4.05. The lowest BCUT2D eigenvalue weighted by atomic mass is 9.46. The highest BCUT2D eigenvalue weighted by molar-refractivity contribution is 5.93. The molecule has 2 N–H and O–H groups in total.